The second-order valence-electron chi connectivity index (χ2n) is 7.69. The molecule has 1 aromatic rings. The van der Waals surface area contributed by atoms with Crippen LogP contribution in [0.25, 0.3) is 0 Å². The molecule has 0 saturated heterocycles. The first kappa shape index (κ1) is 16.1. The summed E-state index contributed by atoms with van der Waals surface area (Å²) in [5.41, 5.74) is 0.838. The highest BCUT2D eigenvalue weighted by Crippen LogP contribution is 2.50. The van der Waals surface area contributed by atoms with Gasteiger partial charge in [0.1, 0.15) is 4.88 Å². The summed E-state index contributed by atoms with van der Waals surface area (Å²) in [6.07, 6.45) is 7.32. The number of carboxylic acids is 1. The van der Waals surface area contributed by atoms with Gasteiger partial charge in [0.15, 0.2) is 0 Å². The Morgan fingerprint density at radius 2 is 1.96 bits per heavy atom. The summed E-state index contributed by atoms with van der Waals surface area (Å²) in [6, 6.07) is 0.142. The molecular formula is C18H24N2O3S. The molecule has 24 heavy (non-hydrogen) atoms. The minimum atomic E-state index is -0.686. The molecule has 3 fully saturated rings. The van der Waals surface area contributed by atoms with Crippen LogP contribution in [0, 0.1) is 24.7 Å². The Hall–Kier alpha value is -1.43. The molecule has 0 bridgehead atoms. The molecule has 1 heterocycles. The van der Waals surface area contributed by atoms with Crippen LogP contribution < -0.4 is 5.32 Å². The molecule has 3 aliphatic rings. The van der Waals surface area contributed by atoms with E-state index in [1.54, 1.807) is 11.3 Å². The zero-order valence-corrected chi connectivity index (χ0v) is 14.8. The van der Waals surface area contributed by atoms with E-state index in [4.69, 9.17) is 0 Å². The van der Waals surface area contributed by atoms with Gasteiger partial charge < -0.3 is 10.4 Å². The van der Waals surface area contributed by atoms with Crippen LogP contribution in [0.5, 0.6) is 0 Å². The van der Waals surface area contributed by atoms with Gasteiger partial charge in [0.25, 0.3) is 5.91 Å². The van der Waals surface area contributed by atoms with Crippen LogP contribution in [-0.4, -0.2) is 28.0 Å². The lowest BCUT2D eigenvalue weighted by Crippen LogP contribution is -2.50. The summed E-state index contributed by atoms with van der Waals surface area (Å²) < 4.78 is 0. The van der Waals surface area contributed by atoms with Crippen LogP contribution >= 0.6 is 11.3 Å². The number of thiazole rings is 1. The predicted octanol–water partition coefficient (Wildman–Crippen LogP) is 3.34. The number of hydrogen-bond donors (Lipinski definition) is 2. The third-order valence-electron chi connectivity index (χ3n) is 6.21. The van der Waals surface area contributed by atoms with E-state index in [1.165, 1.54) is 25.7 Å². The molecule has 2 N–H and O–H groups in total. The lowest BCUT2D eigenvalue weighted by Gasteiger charge is -2.40. The summed E-state index contributed by atoms with van der Waals surface area (Å²) in [5.74, 6) is 0.437. The Morgan fingerprint density at radius 3 is 2.67 bits per heavy atom. The normalized spacial score (nSPS) is 32.4. The highest BCUT2D eigenvalue weighted by Gasteiger charge is 2.50. The highest BCUT2D eigenvalue weighted by atomic mass is 32.1. The molecule has 4 rings (SSSR count). The average molecular weight is 348 g/mol. The summed E-state index contributed by atoms with van der Waals surface area (Å²) in [6.45, 7) is 1.92. The van der Waals surface area contributed by atoms with Crippen LogP contribution in [0.3, 0.4) is 0 Å². The number of carbonyl (C=O) groups is 2. The quantitative estimate of drug-likeness (QED) is 0.875. The van der Waals surface area contributed by atoms with Gasteiger partial charge in [-0.15, -0.1) is 11.3 Å². The number of aliphatic carboxylic acids is 1. The Kier molecular flexibility index (Phi) is 4.11. The number of rotatable bonds is 4. The van der Waals surface area contributed by atoms with Gasteiger partial charge in [0, 0.05) is 12.0 Å². The first-order chi connectivity index (χ1) is 11.5. The first-order valence-electron chi connectivity index (χ1n) is 9.04. The van der Waals surface area contributed by atoms with E-state index >= 15 is 0 Å². The summed E-state index contributed by atoms with van der Waals surface area (Å²) >= 11 is 1.55. The van der Waals surface area contributed by atoms with Crippen molar-refractivity contribution < 1.29 is 14.7 Å². The molecule has 3 saturated carbocycles. The molecule has 1 aromatic heterocycles. The Morgan fingerprint density at radius 1 is 1.21 bits per heavy atom. The smallest absolute Gasteiger partial charge is 0.306 e. The maximum atomic E-state index is 12.6. The largest absolute Gasteiger partial charge is 0.481 e. The maximum Gasteiger partial charge on any atom is 0.306 e. The van der Waals surface area contributed by atoms with Gasteiger partial charge in [-0.2, -0.15) is 0 Å². The minimum absolute atomic E-state index is 0.0172. The lowest BCUT2D eigenvalue weighted by molar-refractivity contribution is -0.141. The number of amides is 1. The maximum absolute atomic E-state index is 12.6. The number of nitrogens with one attached hydrogen (secondary N) is 1. The van der Waals surface area contributed by atoms with Gasteiger partial charge in [0.05, 0.1) is 16.6 Å². The number of aromatic nitrogens is 1. The lowest BCUT2D eigenvalue weighted by atomic mass is 9.71. The van der Waals surface area contributed by atoms with Crippen molar-refractivity contribution in [1.29, 1.82) is 0 Å². The first-order valence-corrected chi connectivity index (χ1v) is 9.85. The van der Waals surface area contributed by atoms with Gasteiger partial charge in [-0.3, -0.25) is 9.59 Å². The van der Waals surface area contributed by atoms with Gasteiger partial charge in [-0.1, -0.05) is 12.8 Å². The standard InChI is InChI=1S/C18H24N2O3S/c1-9-15(24-17(19-9)10-4-2-3-5-10)16(21)20-14-8-11-6-12(18(22)23)7-13(11)14/h10-14H,2-8H2,1H3,(H,20,21)(H,22,23). The Bertz CT molecular complexity index is 665. The van der Waals surface area contributed by atoms with Crippen molar-refractivity contribution in [2.24, 2.45) is 17.8 Å². The zero-order valence-electron chi connectivity index (χ0n) is 14.0. The fourth-order valence-electron chi connectivity index (χ4n) is 4.80. The van der Waals surface area contributed by atoms with Crippen molar-refractivity contribution in [3.05, 3.63) is 15.6 Å². The van der Waals surface area contributed by atoms with Crippen molar-refractivity contribution in [2.45, 2.75) is 63.8 Å². The second kappa shape index (κ2) is 6.14. The average Bonchev–Trinajstić information content (AvgIpc) is 3.22. The second-order valence-corrected chi connectivity index (χ2v) is 8.72. The van der Waals surface area contributed by atoms with Crippen LogP contribution in [-0.2, 0) is 4.79 Å². The molecule has 4 atom stereocenters. The number of aryl methyl sites for hydroxylation is 1. The van der Waals surface area contributed by atoms with Gasteiger partial charge in [-0.25, -0.2) is 4.98 Å². The molecule has 0 aliphatic heterocycles. The molecule has 0 aromatic carbocycles. The molecule has 3 aliphatic carbocycles. The number of nitrogens with zero attached hydrogens (tertiary/aromatic N) is 1. The molecule has 0 radical (unpaired) electrons. The van der Waals surface area contributed by atoms with Crippen LogP contribution in [0.2, 0.25) is 0 Å². The van der Waals surface area contributed by atoms with Crippen molar-refractivity contribution in [3.8, 4) is 0 Å². The van der Waals surface area contributed by atoms with E-state index in [9.17, 15) is 14.7 Å². The Labute approximate surface area is 145 Å². The number of carbonyl (C=O) groups excluding carboxylic acids is 1. The van der Waals surface area contributed by atoms with Crippen LogP contribution in [0.4, 0.5) is 0 Å². The molecular weight excluding hydrogens is 324 g/mol. The summed E-state index contributed by atoms with van der Waals surface area (Å²) in [5, 5.41) is 13.4. The van der Waals surface area contributed by atoms with E-state index in [2.05, 4.69) is 10.3 Å². The monoisotopic (exact) mass is 348 g/mol. The minimum Gasteiger partial charge on any atom is -0.481 e. The third-order valence-corrected chi connectivity index (χ3v) is 7.53. The number of fused-ring (bicyclic) bond motifs is 1. The third kappa shape index (κ3) is 2.75. The van der Waals surface area contributed by atoms with E-state index in [1.807, 2.05) is 6.92 Å². The molecule has 5 nitrogen and oxygen atoms in total. The van der Waals surface area contributed by atoms with Crippen molar-refractivity contribution in [2.75, 3.05) is 0 Å². The van der Waals surface area contributed by atoms with E-state index in [-0.39, 0.29) is 17.9 Å². The van der Waals surface area contributed by atoms with Gasteiger partial charge in [-0.05, 0) is 50.9 Å². The Balaban J connectivity index is 1.40. The van der Waals surface area contributed by atoms with Crippen LogP contribution in [0.1, 0.15) is 71.2 Å². The highest BCUT2D eigenvalue weighted by molar-refractivity contribution is 7.13. The van der Waals surface area contributed by atoms with Crippen molar-refractivity contribution in [1.82, 2.24) is 10.3 Å². The molecule has 6 heteroatoms. The topological polar surface area (TPSA) is 79.3 Å². The predicted molar refractivity (Wildman–Crippen MR) is 91.3 cm³/mol. The van der Waals surface area contributed by atoms with E-state index in [0.29, 0.717) is 24.2 Å². The van der Waals surface area contributed by atoms with Crippen molar-refractivity contribution >= 4 is 23.2 Å². The number of carboxylic acid groups (broad SMARTS) is 1. The molecule has 4 unspecified atom stereocenters. The molecule has 1 amide bonds. The number of hydrogen-bond acceptors (Lipinski definition) is 4. The van der Waals surface area contributed by atoms with Gasteiger partial charge in [0.2, 0.25) is 0 Å². The van der Waals surface area contributed by atoms with Crippen molar-refractivity contribution in [3.63, 3.8) is 0 Å². The van der Waals surface area contributed by atoms with Crippen LogP contribution in [0.15, 0.2) is 0 Å². The fourth-order valence-corrected chi connectivity index (χ4v) is 5.94. The van der Waals surface area contributed by atoms with E-state index < -0.39 is 5.97 Å². The summed E-state index contributed by atoms with van der Waals surface area (Å²) in [4.78, 5) is 29.2. The molecule has 130 valence electrons. The van der Waals surface area contributed by atoms with Gasteiger partial charge >= 0.3 is 5.97 Å². The summed E-state index contributed by atoms with van der Waals surface area (Å²) in [7, 11) is 0. The zero-order chi connectivity index (χ0) is 16.8. The molecule has 0 spiro atoms. The SMILES string of the molecule is Cc1nc(C2CCCC2)sc1C(=O)NC1CC2CC(C(=O)O)CC21. The van der Waals surface area contributed by atoms with E-state index in [0.717, 1.165) is 28.4 Å². The fraction of sp³-hybridized carbons (Fsp3) is 0.722.